The Balaban J connectivity index is 2.18. The predicted octanol–water partition coefficient (Wildman–Crippen LogP) is 1.47. The quantitative estimate of drug-likeness (QED) is 0.734. The molecule has 0 aliphatic heterocycles. The summed E-state index contributed by atoms with van der Waals surface area (Å²) in [6, 6.07) is 11.8. The third kappa shape index (κ3) is 4.30. The van der Waals surface area contributed by atoms with Crippen LogP contribution in [0.3, 0.4) is 0 Å². The number of benzene rings is 2. The van der Waals surface area contributed by atoms with Gasteiger partial charge in [-0.25, -0.2) is 8.42 Å². The third-order valence-electron chi connectivity index (χ3n) is 2.95. The molecule has 0 aliphatic carbocycles. The van der Waals surface area contributed by atoms with Crippen LogP contribution in [0, 0.1) is 0 Å². The van der Waals surface area contributed by atoms with E-state index < -0.39 is 9.84 Å². The van der Waals surface area contributed by atoms with E-state index in [-0.39, 0.29) is 29.6 Å². The molecule has 0 atom stereocenters. The van der Waals surface area contributed by atoms with Crippen molar-refractivity contribution in [2.75, 3.05) is 19.8 Å². The second-order valence-corrected chi connectivity index (χ2v) is 6.45. The maximum atomic E-state index is 12.5. The normalized spacial score (nSPS) is 11.0. The number of rotatable bonds is 8. The van der Waals surface area contributed by atoms with Crippen LogP contribution in [-0.4, -0.2) is 39.6 Å². The molecule has 0 aliphatic rings. The van der Waals surface area contributed by atoms with E-state index in [1.165, 1.54) is 48.5 Å². The highest BCUT2D eigenvalue weighted by Gasteiger charge is 2.17. The summed E-state index contributed by atoms with van der Waals surface area (Å²) >= 11 is 0. The Kier molecular flexibility index (Phi) is 5.72. The molecule has 0 heterocycles. The van der Waals surface area contributed by atoms with E-state index in [0.717, 1.165) is 0 Å². The Labute approximate surface area is 134 Å². The maximum absolute atomic E-state index is 12.5. The Morgan fingerprint density at radius 2 is 1.35 bits per heavy atom. The van der Waals surface area contributed by atoms with Crippen LogP contribution in [0.1, 0.15) is 0 Å². The van der Waals surface area contributed by atoms with Crippen molar-refractivity contribution < 1.29 is 27.8 Å². The Morgan fingerprint density at radius 3 is 1.78 bits per heavy atom. The molecule has 7 heteroatoms. The average molecular weight is 336 g/mol. The minimum atomic E-state index is -3.64. The highest BCUT2D eigenvalue weighted by molar-refractivity contribution is 7.91. The molecule has 0 radical (unpaired) electrons. The fourth-order valence-corrected chi connectivity index (χ4v) is 3.12. The summed E-state index contributed by atoms with van der Waals surface area (Å²) in [6.45, 7) is -0.0473. The zero-order valence-electron chi connectivity index (χ0n) is 12.2. The standard InChI is InChI=1S/C16H16O6S/c17-9-11-21-13-1-5-15(6-2-13)23(19,20)16-7-3-14(4-8-16)22-12-10-18/h1-9,18H,10-12H2. The summed E-state index contributed by atoms with van der Waals surface area (Å²) in [4.78, 5) is 10.5. The molecule has 1 N–H and O–H groups in total. The minimum Gasteiger partial charge on any atom is -0.491 e. The van der Waals surface area contributed by atoms with Gasteiger partial charge in [0, 0.05) is 0 Å². The summed E-state index contributed by atoms with van der Waals surface area (Å²) in [5.74, 6) is 0.902. The number of sulfone groups is 1. The molecule has 2 rings (SSSR count). The van der Waals surface area contributed by atoms with E-state index in [4.69, 9.17) is 14.6 Å². The smallest absolute Gasteiger partial charge is 0.206 e. The molecule has 122 valence electrons. The van der Waals surface area contributed by atoms with Gasteiger partial charge >= 0.3 is 0 Å². The molecule has 0 unspecified atom stereocenters. The highest BCUT2D eigenvalue weighted by Crippen LogP contribution is 2.24. The van der Waals surface area contributed by atoms with E-state index in [9.17, 15) is 13.2 Å². The van der Waals surface area contributed by atoms with Crippen molar-refractivity contribution in [1.82, 2.24) is 0 Å². The van der Waals surface area contributed by atoms with Gasteiger partial charge in [-0.2, -0.15) is 0 Å². The molecule has 0 amide bonds. The molecule has 6 nitrogen and oxygen atoms in total. The highest BCUT2D eigenvalue weighted by atomic mass is 32.2. The number of carbonyl (C=O) groups is 1. The Bertz CT molecular complexity index is 735. The van der Waals surface area contributed by atoms with Crippen molar-refractivity contribution in [1.29, 1.82) is 0 Å². The van der Waals surface area contributed by atoms with Crippen LogP contribution in [0.15, 0.2) is 58.3 Å². The van der Waals surface area contributed by atoms with E-state index in [1.54, 1.807) is 0 Å². The number of aldehydes is 1. The summed E-state index contributed by atoms with van der Waals surface area (Å²) in [5, 5.41) is 8.69. The number of hydrogen-bond donors (Lipinski definition) is 1. The molecule has 0 aromatic heterocycles. The molecule has 23 heavy (non-hydrogen) atoms. The van der Waals surface area contributed by atoms with Gasteiger partial charge in [0.1, 0.15) is 24.7 Å². The minimum absolute atomic E-state index is 0.0819. The first-order valence-corrected chi connectivity index (χ1v) is 8.31. The molecule has 2 aromatic carbocycles. The van der Waals surface area contributed by atoms with Gasteiger partial charge in [0.2, 0.25) is 9.84 Å². The van der Waals surface area contributed by atoms with Crippen LogP contribution in [0.25, 0.3) is 0 Å². The first-order valence-electron chi connectivity index (χ1n) is 6.83. The SMILES string of the molecule is O=CCOc1ccc(S(=O)(=O)c2ccc(OCCO)cc2)cc1. The molecule has 0 saturated heterocycles. The van der Waals surface area contributed by atoms with Gasteiger partial charge in [-0.05, 0) is 48.5 Å². The first-order chi connectivity index (χ1) is 11.1. The van der Waals surface area contributed by atoms with Gasteiger partial charge in [-0.1, -0.05) is 0 Å². The summed E-state index contributed by atoms with van der Waals surface area (Å²) in [5.41, 5.74) is 0. The van der Waals surface area contributed by atoms with Crippen molar-refractivity contribution in [3.8, 4) is 11.5 Å². The van der Waals surface area contributed by atoms with E-state index >= 15 is 0 Å². The first kappa shape index (κ1) is 17.0. The number of aliphatic hydroxyl groups excluding tert-OH is 1. The number of ether oxygens (including phenoxy) is 2. The summed E-state index contributed by atoms with van der Waals surface area (Å²) < 4.78 is 35.3. The van der Waals surface area contributed by atoms with Crippen LogP contribution < -0.4 is 9.47 Å². The van der Waals surface area contributed by atoms with Crippen molar-refractivity contribution in [3.63, 3.8) is 0 Å². The predicted molar refractivity (Wildman–Crippen MR) is 82.5 cm³/mol. The molecule has 0 fully saturated rings. The van der Waals surface area contributed by atoms with Crippen LogP contribution in [-0.2, 0) is 14.6 Å². The van der Waals surface area contributed by atoms with Gasteiger partial charge in [-0.15, -0.1) is 0 Å². The topological polar surface area (TPSA) is 89.9 Å². The number of carbonyl (C=O) groups excluding carboxylic acids is 1. The van der Waals surface area contributed by atoms with Crippen LogP contribution >= 0.6 is 0 Å². The lowest BCUT2D eigenvalue weighted by Crippen LogP contribution is -2.04. The van der Waals surface area contributed by atoms with Crippen molar-refractivity contribution >= 4 is 16.1 Å². The molecule has 0 spiro atoms. The Morgan fingerprint density at radius 1 is 0.870 bits per heavy atom. The van der Waals surface area contributed by atoms with Crippen molar-refractivity contribution in [2.45, 2.75) is 9.79 Å². The zero-order chi connectivity index (χ0) is 16.7. The van der Waals surface area contributed by atoms with Gasteiger partial charge in [0.25, 0.3) is 0 Å². The maximum Gasteiger partial charge on any atom is 0.206 e. The monoisotopic (exact) mass is 336 g/mol. The zero-order valence-corrected chi connectivity index (χ0v) is 13.0. The van der Waals surface area contributed by atoms with Gasteiger partial charge < -0.3 is 14.6 Å². The number of aliphatic hydroxyl groups is 1. The molecule has 0 saturated carbocycles. The van der Waals surface area contributed by atoms with E-state index in [0.29, 0.717) is 17.8 Å². The fraction of sp³-hybridized carbons (Fsp3) is 0.188. The molecule has 0 bridgehead atoms. The van der Waals surface area contributed by atoms with E-state index in [2.05, 4.69) is 0 Å². The van der Waals surface area contributed by atoms with Crippen LogP contribution in [0.2, 0.25) is 0 Å². The largest absolute Gasteiger partial charge is 0.491 e. The molecular formula is C16H16O6S. The lowest BCUT2D eigenvalue weighted by Gasteiger charge is -2.08. The average Bonchev–Trinajstić information content (AvgIpc) is 2.59. The summed E-state index contributed by atoms with van der Waals surface area (Å²) in [7, 11) is -3.64. The third-order valence-corrected chi connectivity index (χ3v) is 4.73. The van der Waals surface area contributed by atoms with Crippen LogP contribution in [0.4, 0.5) is 0 Å². The second-order valence-electron chi connectivity index (χ2n) is 4.50. The summed E-state index contributed by atoms with van der Waals surface area (Å²) in [6.07, 6.45) is 0.616. The lowest BCUT2D eigenvalue weighted by atomic mass is 10.3. The molecule has 2 aromatic rings. The Hall–Kier alpha value is -2.38. The molecular weight excluding hydrogens is 320 g/mol. The lowest BCUT2D eigenvalue weighted by molar-refractivity contribution is -0.109. The van der Waals surface area contributed by atoms with Gasteiger partial charge in [0.05, 0.1) is 16.4 Å². The van der Waals surface area contributed by atoms with E-state index in [1.807, 2.05) is 0 Å². The fourth-order valence-electron chi connectivity index (χ4n) is 1.86. The number of hydrogen-bond acceptors (Lipinski definition) is 6. The van der Waals surface area contributed by atoms with Gasteiger partial charge in [0.15, 0.2) is 6.29 Å². The second kappa shape index (κ2) is 7.75. The van der Waals surface area contributed by atoms with Crippen molar-refractivity contribution in [2.24, 2.45) is 0 Å². The van der Waals surface area contributed by atoms with Gasteiger partial charge in [-0.3, -0.25) is 4.79 Å². The van der Waals surface area contributed by atoms with Crippen LogP contribution in [0.5, 0.6) is 11.5 Å². The van der Waals surface area contributed by atoms with Crippen molar-refractivity contribution in [3.05, 3.63) is 48.5 Å².